The van der Waals surface area contributed by atoms with Gasteiger partial charge in [0.25, 0.3) is 0 Å². The van der Waals surface area contributed by atoms with Crippen LogP contribution in [-0.4, -0.2) is 27.8 Å². The van der Waals surface area contributed by atoms with E-state index < -0.39 is 0 Å². The maximum Gasteiger partial charge on any atom is 0.151 e. The first-order chi connectivity index (χ1) is 9.11. The minimum absolute atomic E-state index is 0.0546. The van der Waals surface area contributed by atoms with Crippen molar-refractivity contribution in [3.05, 3.63) is 34.1 Å². The molecular formula is C14H16BrFOS2. The number of Topliss-reactive ketones (excluding diaryl/α,β-unsaturated/α-hetero) is 1. The van der Waals surface area contributed by atoms with E-state index in [-0.39, 0.29) is 16.9 Å². The number of carbonyl (C=O) groups excluding carboxylic acids is 1. The molecule has 5 heteroatoms. The smallest absolute Gasteiger partial charge is 0.151 e. The zero-order valence-corrected chi connectivity index (χ0v) is 13.9. The molecule has 1 aliphatic heterocycles. The summed E-state index contributed by atoms with van der Waals surface area (Å²) in [6.07, 6.45) is 1.32. The molecule has 0 spiro atoms. The van der Waals surface area contributed by atoms with Gasteiger partial charge in [-0.1, -0.05) is 22.9 Å². The third-order valence-electron chi connectivity index (χ3n) is 3.14. The molecule has 0 radical (unpaired) electrons. The topological polar surface area (TPSA) is 17.1 Å². The van der Waals surface area contributed by atoms with Crippen LogP contribution in [0.1, 0.15) is 18.9 Å². The van der Waals surface area contributed by atoms with Crippen molar-refractivity contribution in [2.24, 2.45) is 0 Å². The van der Waals surface area contributed by atoms with Crippen LogP contribution in [0, 0.1) is 5.82 Å². The lowest BCUT2D eigenvalue weighted by molar-refractivity contribution is -0.117. The van der Waals surface area contributed by atoms with Crippen LogP contribution in [0.25, 0.3) is 0 Å². The van der Waals surface area contributed by atoms with E-state index in [2.05, 4.69) is 22.9 Å². The highest BCUT2D eigenvalue weighted by Gasteiger charge is 2.30. The lowest BCUT2D eigenvalue weighted by Gasteiger charge is -2.28. The van der Waals surface area contributed by atoms with Gasteiger partial charge in [0, 0.05) is 27.6 Å². The number of hydrogen-bond acceptors (Lipinski definition) is 3. The molecule has 1 aromatic rings. The number of thioether (sulfide) groups is 2. The van der Waals surface area contributed by atoms with Gasteiger partial charge < -0.3 is 0 Å². The Bertz CT molecular complexity index is 467. The Morgan fingerprint density at radius 3 is 2.89 bits per heavy atom. The molecule has 0 aliphatic carbocycles. The Kier molecular flexibility index (Phi) is 5.78. The van der Waals surface area contributed by atoms with Gasteiger partial charge in [0.1, 0.15) is 5.82 Å². The highest BCUT2D eigenvalue weighted by Crippen LogP contribution is 2.34. The zero-order valence-electron chi connectivity index (χ0n) is 10.7. The minimum atomic E-state index is -0.288. The average Bonchev–Trinajstić information content (AvgIpc) is 2.42. The Morgan fingerprint density at radius 1 is 1.42 bits per heavy atom. The molecule has 1 saturated heterocycles. The highest BCUT2D eigenvalue weighted by atomic mass is 79.9. The summed E-state index contributed by atoms with van der Waals surface area (Å²) in [4.78, 5) is 12.4. The lowest BCUT2D eigenvalue weighted by Crippen LogP contribution is -2.33. The second-order valence-electron chi connectivity index (χ2n) is 4.49. The van der Waals surface area contributed by atoms with Crippen LogP contribution in [-0.2, 0) is 11.2 Å². The fourth-order valence-electron chi connectivity index (χ4n) is 2.17. The Labute approximate surface area is 130 Å². The van der Waals surface area contributed by atoms with Gasteiger partial charge in [0.15, 0.2) is 5.78 Å². The van der Waals surface area contributed by atoms with E-state index in [4.69, 9.17) is 0 Å². The molecule has 0 bridgehead atoms. The number of benzene rings is 1. The van der Waals surface area contributed by atoms with Crippen LogP contribution >= 0.6 is 39.5 Å². The summed E-state index contributed by atoms with van der Waals surface area (Å²) >= 11 is 7.03. The second-order valence-corrected chi connectivity index (χ2v) is 7.94. The summed E-state index contributed by atoms with van der Waals surface area (Å²) in [6, 6.07) is 4.51. The highest BCUT2D eigenvalue weighted by molar-refractivity contribution is 9.10. The van der Waals surface area contributed by atoms with Gasteiger partial charge in [0.2, 0.25) is 0 Å². The van der Waals surface area contributed by atoms with Crippen LogP contribution in [0.2, 0.25) is 0 Å². The first-order valence-electron chi connectivity index (χ1n) is 6.31. The molecule has 1 fully saturated rings. The molecule has 2 atom stereocenters. The SMILES string of the molecule is CCC1SCCSC1C(=O)Cc1cc(F)ccc1Br. The number of rotatable bonds is 4. The second kappa shape index (κ2) is 7.14. The molecule has 0 amide bonds. The maximum atomic E-state index is 13.2. The molecule has 0 saturated carbocycles. The van der Waals surface area contributed by atoms with Gasteiger partial charge in [-0.3, -0.25) is 4.79 Å². The van der Waals surface area contributed by atoms with E-state index in [1.54, 1.807) is 17.8 Å². The molecule has 19 heavy (non-hydrogen) atoms. The average molecular weight is 363 g/mol. The largest absolute Gasteiger partial charge is 0.298 e. The normalized spacial score (nSPS) is 23.3. The molecule has 1 aromatic carbocycles. The van der Waals surface area contributed by atoms with Crippen molar-refractivity contribution >= 4 is 45.2 Å². The first kappa shape index (κ1) is 15.4. The third-order valence-corrected chi connectivity index (χ3v) is 7.21. The zero-order chi connectivity index (χ0) is 13.8. The minimum Gasteiger partial charge on any atom is -0.298 e. The van der Waals surface area contributed by atoms with Crippen LogP contribution in [0.3, 0.4) is 0 Å². The third kappa shape index (κ3) is 3.99. The molecule has 1 nitrogen and oxygen atoms in total. The van der Waals surface area contributed by atoms with E-state index in [0.29, 0.717) is 11.7 Å². The number of ketones is 1. The maximum absolute atomic E-state index is 13.2. The predicted octanol–water partition coefficient (Wildman–Crippen LogP) is 4.33. The van der Waals surface area contributed by atoms with Crippen molar-refractivity contribution in [1.29, 1.82) is 0 Å². The van der Waals surface area contributed by atoms with Crippen molar-refractivity contribution in [3.8, 4) is 0 Å². The van der Waals surface area contributed by atoms with E-state index in [1.807, 2.05) is 11.8 Å². The summed E-state index contributed by atoms with van der Waals surface area (Å²) in [7, 11) is 0. The summed E-state index contributed by atoms with van der Waals surface area (Å²) in [6.45, 7) is 2.13. The molecule has 0 N–H and O–H groups in total. The fraction of sp³-hybridized carbons (Fsp3) is 0.500. The predicted molar refractivity (Wildman–Crippen MR) is 85.6 cm³/mol. The molecule has 1 heterocycles. The molecule has 1 aliphatic rings. The van der Waals surface area contributed by atoms with Gasteiger partial charge in [-0.25, -0.2) is 4.39 Å². The van der Waals surface area contributed by atoms with E-state index >= 15 is 0 Å². The quantitative estimate of drug-likeness (QED) is 0.793. The fourth-order valence-corrected chi connectivity index (χ4v) is 5.59. The van der Waals surface area contributed by atoms with Crippen molar-refractivity contribution in [2.75, 3.05) is 11.5 Å². The van der Waals surface area contributed by atoms with Gasteiger partial charge in [-0.15, -0.1) is 11.8 Å². The Hall–Kier alpha value is -0.000000000000000111. The molecule has 0 aromatic heterocycles. The van der Waals surface area contributed by atoms with Gasteiger partial charge >= 0.3 is 0 Å². The van der Waals surface area contributed by atoms with Gasteiger partial charge in [0.05, 0.1) is 5.25 Å². The first-order valence-corrected chi connectivity index (χ1v) is 9.20. The molecule has 104 valence electrons. The Balaban J connectivity index is 2.09. The lowest BCUT2D eigenvalue weighted by atomic mass is 10.0. The number of carbonyl (C=O) groups is 1. The summed E-state index contributed by atoms with van der Waals surface area (Å²) in [5, 5.41) is 0.456. The van der Waals surface area contributed by atoms with Gasteiger partial charge in [-0.05, 0) is 30.2 Å². The summed E-state index contributed by atoms with van der Waals surface area (Å²) < 4.78 is 14.1. The van der Waals surface area contributed by atoms with E-state index in [9.17, 15) is 9.18 Å². The number of hydrogen-bond donors (Lipinski definition) is 0. The van der Waals surface area contributed by atoms with Crippen molar-refractivity contribution < 1.29 is 9.18 Å². The van der Waals surface area contributed by atoms with E-state index in [0.717, 1.165) is 28.0 Å². The number of halogens is 2. The molecular weight excluding hydrogens is 347 g/mol. The van der Waals surface area contributed by atoms with Crippen molar-refractivity contribution in [2.45, 2.75) is 30.3 Å². The molecule has 2 unspecified atom stereocenters. The monoisotopic (exact) mass is 362 g/mol. The van der Waals surface area contributed by atoms with Crippen LogP contribution in [0.5, 0.6) is 0 Å². The summed E-state index contributed by atoms with van der Waals surface area (Å²) in [5.41, 5.74) is 0.746. The molecule has 2 rings (SSSR count). The van der Waals surface area contributed by atoms with E-state index in [1.165, 1.54) is 12.1 Å². The van der Waals surface area contributed by atoms with Gasteiger partial charge in [-0.2, -0.15) is 11.8 Å². The standard InChI is InChI=1S/C14H16BrFOS2/c1-2-13-14(19-6-5-18-13)12(17)8-9-7-10(16)3-4-11(9)15/h3-4,7,13-14H,2,5-6,8H2,1H3. The van der Waals surface area contributed by atoms with Crippen LogP contribution in [0.15, 0.2) is 22.7 Å². The van der Waals surface area contributed by atoms with Crippen molar-refractivity contribution in [3.63, 3.8) is 0 Å². The van der Waals surface area contributed by atoms with Crippen molar-refractivity contribution in [1.82, 2.24) is 0 Å². The Morgan fingerprint density at radius 2 is 2.16 bits per heavy atom. The van der Waals surface area contributed by atoms with Crippen LogP contribution < -0.4 is 0 Å². The van der Waals surface area contributed by atoms with Crippen LogP contribution in [0.4, 0.5) is 4.39 Å². The summed E-state index contributed by atoms with van der Waals surface area (Å²) in [5.74, 6) is 2.08.